The van der Waals surface area contributed by atoms with Gasteiger partial charge in [0, 0.05) is 24.4 Å². The lowest BCUT2D eigenvalue weighted by atomic mass is 10.2. The zero-order valence-electron chi connectivity index (χ0n) is 11.2. The summed E-state index contributed by atoms with van der Waals surface area (Å²) in [5.41, 5.74) is 2.06. The van der Waals surface area contributed by atoms with E-state index in [1.807, 2.05) is 25.1 Å². The van der Waals surface area contributed by atoms with Crippen LogP contribution >= 0.6 is 11.6 Å². The fourth-order valence-corrected chi connectivity index (χ4v) is 1.81. The zero-order valence-corrected chi connectivity index (χ0v) is 11.9. The first-order valence-electron chi connectivity index (χ1n) is 6.45. The van der Waals surface area contributed by atoms with E-state index < -0.39 is 0 Å². The van der Waals surface area contributed by atoms with Crippen LogP contribution in [0.25, 0.3) is 0 Å². The Balaban J connectivity index is 2.46. The van der Waals surface area contributed by atoms with Crippen LogP contribution in [0.2, 0.25) is 0 Å². The van der Waals surface area contributed by atoms with Gasteiger partial charge in [0.05, 0.1) is 19.1 Å². The molecule has 0 heterocycles. The molecule has 0 amide bonds. The summed E-state index contributed by atoms with van der Waals surface area (Å²) >= 11 is 5.91. The molecule has 0 aliphatic heterocycles. The van der Waals surface area contributed by atoms with E-state index in [0.717, 1.165) is 43.2 Å². The largest absolute Gasteiger partial charge is 0.494 e. The Morgan fingerprint density at radius 1 is 1.22 bits per heavy atom. The molecule has 0 radical (unpaired) electrons. The summed E-state index contributed by atoms with van der Waals surface area (Å²) in [5.74, 6) is 1.32. The normalized spacial score (nSPS) is 10.4. The molecule has 0 aliphatic carbocycles. The second-order valence-electron chi connectivity index (χ2n) is 3.93. The van der Waals surface area contributed by atoms with Gasteiger partial charge in [0.1, 0.15) is 5.75 Å². The van der Waals surface area contributed by atoms with Crippen LogP contribution in [0.5, 0.6) is 5.75 Å². The summed E-state index contributed by atoms with van der Waals surface area (Å²) < 4.78 is 10.9. The summed E-state index contributed by atoms with van der Waals surface area (Å²) in [6.07, 6.45) is 1.06. The van der Waals surface area contributed by atoms with E-state index in [4.69, 9.17) is 21.1 Å². The highest BCUT2D eigenvalue weighted by Crippen LogP contribution is 2.24. The Bertz CT molecular complexity index is 345. The minimum Gasteiger partial charge on any atom is -0.494 e. The van der Waals surface area contributed by atoms with Crippen molar-refractivity contribution in [3.05, 3.63) is 23.8 Å². The second kappa shape index (κ2) is 9.06. The van der Waals surface area contributed by atoms with Crippen LogP contribution < -0.4 is 10.1 Å². The lowest BCUT2D eigenvalue weighted by Gasteiger charge is -2.12. The highest BCUT2D eigenvalue weighted by atomic mass is 35.5. The fraction of sp³-hybridized carbons (Fsp3) is 0.571. The van der Waals surface area contributed by atoms with Gasteiger partial charge in [0.25, 0.3) is 0 Å². The maximum absolute atomic E-state index is 5.91. The van der Waals surface area contributed by atoms with Crippen LogP contribution in [0.15, 0.2) is 18.2 Å². The van der Waals surface area contributed by atoms with Gasteiger partial charge in [-0.05, 0) is 31.5 Å². The minimum atomic E-state index is 0.456. The van der Waals surface area contributed by atoms with Crippen molar-refractivity contribution in [2.75, 3.05) is 31.7 Å². The molecular weight excluding hydrogens is 250 g/mol. The van der Waals surface area contributed by atoms with Gasteiger partial charge in [-0.25, -0.2) is 0 Å². The lowest BCUT2D eigenvalue weighted by Crippen LogP contribution is -2.10. The Labute approximate surface area is 114 Å². The van der Waals surface area contributed by atoms with Crippen molar-refractivity contribution in [3.63, 3.8) is 0 Å². The van der Waals surface area contributed by atoms with E-state index in [0.29, 0.717) is 12.5 Å². The third-order valence-electron chi connectivity index (χ3n) is 2.43. The van der Waals surface area contributed by atoms with Crippen molar-refractivity contribution < 1.29 is 9.47 Å². The molecular formula is C14H22ClNO2. The summed E-state index contributed by atoms with van der Waals surface area (Å²) in [5, 5.41) is 3.31. The molecule has 1 rings (SSSR count). The molecule has 3 nitrogen and oxygen atoms in total. The van der Waals surface area contributed by atoms with Crippen LogP contribution in [0, 0.1) is 0 Å². The molecule has 0 bridgehead atoms. The highest BCUT2D eigenvalue weighted by molar-refractivity contribution is 6.17. The topological polar surface area (TPSA) is 30.5 Å². The summed E-state index contributed by atoms with van der Waals surface area (Å²) in [4.78, 5) is 0. The monoisotopic (exact) mass is 271 g/mol. The maximum Gasteiger partial charge on any atom is 0.123 e. The quantitative estimate of drug-likeness (QED) is 0.549. The second-order valence-corrected chi connectivity index (χ2v) is 4.20. The number of nitrogens with one attached hydrogen (secondary N) is 1. The summed E-state index contributed by atoms with van der Waals surface area (Å²) in [6.45, 7) is 7.06. The van der Waals surface area contributed by atoms with Crippen LogP contribution in [0.4, 0.5) is 5.69 Å². The van der Waals surface area contributed by atoms with Crippen molar-refractivity contribution in [1.29, 1.82) is 0 Å². The van der Waals surface area contributed by atoms with E-state index in [9.17, 15) is 0 Å². The standard InChI is InChI=1S/C14H22ClNO2/c1-3-8-17-9-7-16-13-5-6-14(18-4-2)12(10-13)11-15/h5-6,10,16H,3-4,7-9,11H2,1-2H3. The molecule has 102 valence electrons. The van der Waals surface area contributed by atoms with Crippen LogP contribution in [-0.2, 0) is 10.6 Å². The number of anilines is 1. The lowest BCUT2D eigenvalue weighted by molar-refractivity contribution is 0.144. The van der Waals surface area contributed by atoms with Crippen LogP contribution in [0.1, 0.15) is 25.8 Å². The molecule has 0 saturated heterocycles. The number of benzene rings is 1. The zero-order chi connectivity index (χ0) is 13.2. The first-order valence-corrected chi connectivity index (χ1v) is 6.98. The van der Waals surface area contributed by atoms with Gasteiger partial charge in [-0.2, -0.15) is 0 Å². The Hall–Kier alpha value is -0.930. The van der Waals surface area contributed by atoms with Gasteiger partial charge in [-0.15, -0.1) is 11.6 Å². The van der Waals surface area contributed by atoms with Gasteiger partial charge in [0.15, 0.2) is 0 Å². The van der Waals surface area contributed by atoms with Crippen molar-refractivity contribution in [1.82, 2.24) is 0 Å². The van der Waals surface area contributed by atoms with E-state index in [2.05, 4.69) is 12.2 Å². The van der Waals surface area contributed by atoms with Gasteiger partial charge in [-0.3, -0.25) is 0 Å². The molecule has 0 atom stereocenters. The number of hydrogen-bond donors (Lipinski definition) is 1. The number of alkyl halides is 1. The number of halogens is 1. The molecule has 18 heavy (non-hydrogen) atoms. The molecule has 1 N–H and O–H groups in total. The van der Waals surface area contributed by atoms with Gasteiger partial charge < -0.3 is 14.8 Å². The predicted molar refractivity (Wildman–Crippen MR) is 76.8 cm³/mol. The first kappa shape index (κ1) is 15.1. The first-order chi connectivity index (χ1) is 8.81. The molecule has 4 heteroatoms. The number of rotatable bonds is 9. The van der Waals surface area contributed by atoms with Gasteiger partial charge in [-0.1, -0.05) is 6.92 Å². The Kier molecular flexibility index (Phi) is 7.62. The predicted octanol–water partition coefficient (Wildman–Crippen LogP) is 3.66. The molecule has 0 saturated carbocycles. The summed E-state index contributed by atoms with van der Waals surface area (Å²) in [6, 6.07) is 5.98. The van der Waals surface area contributed by atoms with E-state index in [1.165, 1.54) is 0 Å². The molecule has 0 unspecified atom stereocenters. The molecule has 0 aromatic heterocycles. The van der Waals surface area contributed by atoms with Crippen LogP contribution in [-0.4, -0.2) is 26.4 Å². The Morgan fingerprint density at radius 3 is 2.72 bits per heavy atom. The minimum absolute atomic E-state index is 0.456. The summed E-state index contributed by atoms with van der Waals surface area (Å²) in [7, 11) is 0. The van der Waals surface area contributed by atoms with E-state index >= 15 is 0 Å². The van der Waals surface area contributed by atoms with Crippen molar-refractivity contribution in [3.8, 4) is 5.75 Å². The van der Waals surface area contributed by atoms with Crippen molar-refractivity contribution in [2.24, 2.45) is 0 Å². The average molecular weight is 272 g/mol. The SMILES string of the molecule is CCCOCCNc1ccc(OCC)c(CCl)c1. The third kappa shape index (κ3) is 5.15. The number of ether oxygens (including phenoxy) is 2. The number of hydrogen-bond acceptors (Lipinski definition) is 3. The average Bonchev–Trinajstić information content (AvgIpc) is 2.40. The van der Waals surface area contributed by atoms with Crippen molar-refractivity contribution in [2.45, 2.75) is 26.1 Å². The van der Waals surface area contributed by atoms with Crippen LogP contribution in [0.3, 0.4) is 0 Å². The van der Waals surface area contributed by atoms with Gasteiger partial charge >= 0.3 is 0 Å². The molecule has 1 aromatic rings. The highest BCUT2D eigenvalue weighted by Gasteiger charge is 2.03. The molecule has 0 fully saturated rings. The molecule has 0 spiro atoms. The van der Waals surface area contributed by atoms with Gasteiger partial charge in [0.2, 0.25) is 0 Å². The molecule has 0 aliphatic rings. The maximum atomic E-state index is 5.91. The fourth-order valence-electron chi connectivity index (χ4n) is 1.60. The molecule has 1 aromatic carbocycles. The Morgan fingerprint density at radius 2 is 2.06 bits per heavy atom. The van der Waals surface area contributed by atoms with E-state index in [1.54, 1.807) is 0 Å². The van der Waals surface area contributed by atoms with Crippen molar-refractivity contribution >= 4 is 17.3 Å². The third-order valence-corrected chi connectivity index (χ3v) is 2.72. The smallest absolute Gasteiger partial charge is 0.123 e. The van der Waals surface area contributed by atoms with E-state index in [-0.39, 0.29) is 0 Å².